The van der Waals surface area contributed by atoms with E-state index in [1.165, 1.54) is 0 Å². The van der Waals surface area contributed by atoms with Crippen LogP contribution in [0, 0.1) is 0 Å². The molecule has 0 atom stereocenters. The van der Waals surface area contributed by atoms with Gasteiger partial charge in [-0.15, -0.1) is 0 Å². The van der Waals surface area contributed by atoms with Gasteiger partial charge in [0.05, 0.1) is 14.2 Å². The van der Waals surface area contributed by atoms with E-state index in [1.54, 1.807) is 14.2 Å². The van der Waals surface area contributed by atoms with Crippen LogP contribution in [0.2, 0.25) is 0 Å². The van der Waals surface area contributed by atoms with Gasteiger partial charge in [-0.1, -0.05) is 26.0 Å². The summed E-state index contributed by atoms with van der Waals surface area (Å²) in [6.07, 6.45) is 3.96. The fourth-order valence-electron chi connectivity index (χ4n) is 1.15. The molecule has 15 heavy (non-hydrogen) atoms. The monoisotopic (exact) mass is 208 g/mol. The SMILES string of the molecule is C/C=C/c1cc(OC)ccc1OC.CC. The maximum atomic E-state index is 5.19. The second kappa shape index (κ2) is 7.92. The van der Waals surface area contributed by atoms with Crippen LogP contribution in [0.25, 0.3) is 6.08 Å². The Morgan fingerprint density at radius 3 is 2.20 bits per heavy atom. The molecule has 84 valence electrons. The number of ether oxygens (including phenoxy) is 2. The van der Waals surface area contributed by atoms with Gasteiger partial charge < -0.3 is 9.47 Å². The third-order valence-electron chi connectivity index (χ3n) is 1.78. The highest BCUT2D eigenvalue weighted by Crippen LogP contribution is 2.24. The van der Waals surface area contributed by atoms with E-state index in [9.17, 15) is 0 Å². The zero-order valence-electron chi connectivity index (χ0n) is 10.2. The van der Waals surface area contributed by atoms with Gasteiger partial charge in [-0.2, -0.15) is 0 Å². The van der Waals surface area contributed by atoms with Crippen molar-refractivity contribution in [3.8, 4) is 11.5 Å². The number of hydrogen-bond acceptors (Lipinski definition) is 2. The summed E-state index contributed by atoms with van der Waals surface area (Å²) in [6, 6.07) is 5.72. The quantitative estimate of drug-likeness (QED) is 0.753. The Morgan fingerprint density at radius 2 is 1.73 bits per heavy atom. The molecule has 2 heteroatoms. The van der Waals surface area contributed by atoms with Crippen LogP contribution in [0.5, 0.6) is 11.5 Å². The van der Waals surface area contributed by atoms with Crippen LogP contribution in [-0.2, 0) is 0 Å². The second-order valence-electron chi connectivity index (χ2n) is 2.61. The summed E-state index contributed by atoms with van der Waals surface area (Å²) in [5.74, 6) is 1.70. The Hall–Kier alpha value is -1.44. The molecule has 0 heterocycles. The van der Waals surface area contributed by atoms with E-state index in [4.69, 9.17) is 9.47 Å². The Kier molecular flexibility index (Phi) is 7.16. The molecule has 2 nitrogen and oxygen atoms in total. The molecule has 0 spiro atoms. The van der Waals surface area contributed by atoms with E-state index in [2.05, 4.69) is 0 Å². The smallest absolute Gasteiger partial charge is 0.126 e. The van der Waals surface area contributed by atoms with Crippen molar-refractivity contribution < 1.29 is 9.47 Å². The van der Waals surface area contributed by atoms with Crippen molar-refractivity contribution in [2.75, 3.05) is 14.2 Å². The largest absolute Gasteiger partial charge is 0.497 e. The molecular formula is C13H20O2. The van der Waals surface area contributed by atoms with Gasteiger partial charge in [0.25, 0.3) is 0 Å². The van der Waals surface area contributed by atoms with Crippen LogP contribution in [-0.4, -0.2) is 14.2 Å². The number of methoxy groups -OCH3 is 2. The fourth-order valence-corrected chi connectivity index (χ4v) is 1.15. The predicted octanol–water partition coefficient (Wildman–Crippen LogP) is 3.76. The van der Waals surface area contributed by atoms with E-state index >= 15 is 0 Å². The molecule has 0 aliphatic carbocycles. The van der Waals surface area contributed by atoms with Gasteiger partial charge >= 0.3 is 0 Å². The first-order chi connectivity index (χ1) is 7.31. The normalized spacial score (nSPS) is 9.40. The van der Waals surface area contributed by atoms with Crippen LogP contribution >= 0.6 is 0 Å². The summed E-state index contributed by atoms with van der Waals surface area (Å²) in [4.78, 5) is 0. The van der Waals surface area contributed by atoms with Crippen LogP contribution in [0.3, 0.4) is 0 Å². The van der Waals surface area contributed by atoms with Crippen molar-refractivity contribution in [3.05, 3.63) is 29.8 Å². The Bertz CT molecular complexity index is 303. The average Bonchev–Trinajstić information content (AvgIpc) is 2.32. The zero-order chi connectivity index (χ0) is 11.7. The lowest BCUT2D eigenvalue weighted by Crippen LogP contribution is -1.88. The molecular weight excluding hydrogens is 188 g/mol. The minimum atomic E-state index is 0.842. The molecule has 0 aliphatic rings. The van der Waals surface area contributed by atoms with E-state index in [1.807, 2.05) is 51.1 Å². The van der Waals surface area contributed by atoms with E-state index in [0.717, 1.165) is 17.1 Å². The van der Waals surface area contributed by atoms with E-state index in [0.29, 0.717) is 0 Å². The van der Waals surface area contributed by atoms with Gasteiger partial charge in [-0.05, 0) is 25.1 Å². The van der Waals surface area contributed by atoms with Crippen molar-refractivity contribution in [2.24, 2.45) is 0 Å². The number of rotatable bonds is 3. The molecule has 1 rings (SSSR count). The van der Waals surface area contributed by atoms with Crippen molar-refractivity contribution >= 4 is 6.08 Å². The van der Waals surface area contributed by atoms with E-state index < -0.39 is 0 Å². The lowest BCUT2D eigenvalue weighted by atomic mass is 10.2. The first-order valence-electron chi connectivity index (χ1n) is 5.16. The van der Waals surface area contributed by atoms with Crippen LogP contribution in [0.15, 0.2) is 24.3 Å². The lowest BCUT2D eigenvalue weighted by Gasteiger charge is -2.06. The molecule has 0 bridgehead atoms. The second-order valence-corrected chi connectivity index (χ2v) is 2.61. The van der Waals surface area contributed by atoms with Gasteiger partial charge in [0.15, 0.2) is 0 Å². The number of hydrogen-bond donors (Lipinski definition) is 0. The first kappa shape index (κ1) is 13.6. The summed E-state index contributed by atoms with van der Waals surface area (Å²) in [6.45, 7) is 5.97. The summed E-state index contributed by atoms with van der Waals surface area (Å²) >= 11 is 0. The van der Waals surface area contributed by atoms with Gasteiger partial charge in [-0.3, -0.25) is 0 Å². The maximum Gasteiger partial charge on any atom is 0.126 e. The summed E-state index contributed by atoms with van der Waals surface area (Å²) in [5, 5.41) is 0. The molecule has 0 aliphatic heterocycles. The minimum absolute atomic E-state index is 0.842. The van der Waals surface area contributed by atoms with Gasteiger partial charge in [0.2, 0.25) is 0 Å². The molecule has 0 fully saturated rings. The summed E-state index contributed by atoms with van der Waals surface area (Å²) in [5.41, 5.74) is 1.03. The highest BCUT2D eigenvalue weighted by Gasteiger charge is 2.00. The highest BCUT2D eigenvalue weighted by molar-refractivity contribution is 5.59. The number of benzene rings is 1. The van der Waals surface area contributed by atoms with Crippen molar-refractivity contribution in [2.45, 2.75) is 20.8 Å². The third kappa shape index (κ3) is 4.07. The zero-order valence-corrected chi connectivity index (χ0v) is 10.2. The Morgan fingerprint density at radius 1 is 1.07 bits per heavy atom. The highest BCUT2D eigenvalue weighted by atomic mass is 16.5. The molecule has 0 N–H and O–H groups in total. The van der Waals surface area contributed by atoms with Crippen molar-refractivity contribution in [3.63, 3.8) is 0 Å². The predicted molar refractivity (Wildman–Crippen MR) is 65.6 cm³/mol. The lowest BCUT2D eigenvalue weighted by molar-refractivity contribution is 0.402. The first-order valence-corrected chi connectivity index (χ1v) is 5.16. The standard InChI is InChI=1S/C11H14O2.C2H6/c1-4-5-9-8-10(12-2)6-7-11(9)13-3;1-2/h4-8H,1-3H3;1-2H3/b5-4+;. The topological polar surface area (TPSA) is 18.5 Å². The molecule has 0 unspecified atom stereocenters. The molecule has 1 aromatic rings. The summed E-state index contributed by atoms with van der Waals surface area (Å²) in [7, 11) is 3.32. The summed E-state index contributed by atoms with van der Waals surface area (Å²) < 4.78 is 10.3. The number of allylic oxidation sites excluding steroid dienone is 1. The molecule has 0 saturated heterocycles. The van der Waals surface area contributed by atoms with Crippen LogP contribution in [0.4, 0.5) is 0 Å². The van der Waals surface area contributed by atoms with Crippen molar-refractivity contribution in [1.82, 2.24) is 0 Å². The Balaban J connectivity index is 0.000000921. The molecule has 0 radical (unpaired) electrons. The van der Waals surface area contributed by atoms with Crippen LogP contribution in [0.1, 0.15) is 26.3 Å². The third-order valence-corrected chi connectivity index (χ3v) is 1.78. The van der Waals surface area contributed by atoms with E-state index in [-0.39, 0.29) is 0 Å². The minimum Gasteiger partial charge on any atom is -0.497 e. The average molecular weight is 208 g/mol. The van der Waals surface area contributed by atoms with Gasteiger partial charge in [-0.25, -0.2) is 0 Å². The van der Waals surface area contributed by atoms with Gasteiger partial charge in [0, 0.05) is 5.56 Å². The van der Waals surface area contributed by atoms with Crippen LogP contribution < -0.4 is 9.47 Å². The fraction of sp³-hybridized carbons (Fsp3) is 0.385. The molecule has 0 amide bonds. The van der Waals surface area contributed by atoms with Gasteiger partial charge in [0.1, 0.15) is 11.5 Å². The van der Waals surface area contributed by atoms with Crippen molar-refractivity contribution in [1.29, 1.82) is 0 Å². The molecule has 0 saturated carbocycles. The molecule has 0 aromatic heterocycles. The Labute approximate surface area is 92.5 Å². The molecule has 1 aromatic carbocycles. The maximum absolute atomic E-state index is 5.19.